The largest absolute Gasteiger partial charge is 0.480 e. The number of rotatable bonds is 11. The lowest BCUT2D eigenvalue weighted by Gasteiger charge is -2.29. The van der Waals surface area contributed by atoms with Gasteiger partial charge in [0.05, 0.1) is 0 Å². The summed E-state index contributed by atoms with van der Waals surface area (Å²) in [7, 11) is 0. The van der Waals surface area contributed by atoms with Crippen molar-refractivity contribution in [2.45, 2.75) is 85.0 Å². The molecule has 4 unspecified atom stereocenters. The van der Waals surface area contributed by atoms with E-state index in [2.05, 4.69) is 20.9 Å². The van der Waals surface area contributed by atoms with Crippen molar-refractivity contribution in [2.24, 2.45) is 11.8 Å². The molecule has 0 spiro atoms. The van der Waals surface area contributed by atoms with Crippen molar-refractivity contribution in [3.63, 3.8) is 0 Å². The van der Waals surface area contributed by atoms with E-state index in [0.29, 0.717) is 6.42 Å². The number of fused-ring (bicyclic) bond motifs is 1. The Hall–Kier alpha value is -3.56. The first-order valence-electron chi connectivity index (χ1n) is 12.6. The Morgan fingerprint density at radius 1 is 0.973 bits per heavy atom. The molecule has 1 heterocycles. The molecule has 4 atom stereocenters. The van der Waals surface area contributed by atoms with Crippen LogP contribution >= 0.6 is 0 Å². The highest BCUT2D eigenvalue weighted by molar-refractivity contribution is 5.93. The molecule has 0 radical (unpaired) electrons. The summed E-state index contributed by atoms with van der Waals surface area (Å²) < 4.78 is 5.30. The van der Waals surface area contributed by atoms with Crippen LogP contribution in [0.4, 0.5) is 4.79 Å². The summed E-state index contributed by atoms with van der Waals surface area (Å²) in [5.74, 6) is -2.92. The van der Waals surface area contributed by atoms with E-state index in [1.807, 2.05) is 38.1 Å². The molecule has 5 N–H and O–H groups in total. The molecule has 0 aliphatic heterocycles. The highest BCUT2D eigenvalue weighted by atomic mass is 16.6. The third-order valence-corrected chi connectivity index (χ3v) is 6.13. The topological polar surface area (TPSA) is 150 Å². The minimum atomic E-state index is -1.20. The smallest absolute Gasteiger partial charge is 0.408 e. The lowest BCUT2D eigenvalue weighted by molar-refractivity contribution is -0.142. The molecule has 10 nitrogen and oxygen atoms in total. The van der Waals surface area contributed by atoms with E-state index < -0.39 is 47.6 Å². The SMILES string of the molecule is CCC(C)C(NC(=O)OC(C)(C)C)C(=O)NC(C(=O)NC(Cc1c[nH]c2ccccc12)C(=O)O)C(C)C. The standard InChI is InChI=1S/C27H40N4O6/c1-8-16(4)22(31-26(36)37-27(5,6)7)24(33)30-21(15(2)3)23(32)29-20(25(34)35)13-17-14-28-19-12-10-9-11-18(17)19/h9-12,14-16,20-22,28H,8,13H2,1-7H3,(H,29,32)(H,30,33)(H,31,36)(H,34,35). The second-order valence-corrected chi connectivity index (χ2v) is 10.7. The van der Waals surface area contributed by atoms with E-state index in [4.69, 9.17) is 4.74 Å². The van der Waals surface area contributed by atoms with Crippen molar-refractivity contribution in [2.75, 3.05) is 0 Å². The van der Waals surface area contributed by atoms with E-state index in [0.717, 1.165) is 16.5 Å². The van der Waals surface area contributed by atoms with Crippen molar-refractivity contribution < 1.29 is 29.0 Å². The fourth-order valence-corrected chi connectivity index (χ4v) is 3.90. The number of carboxylic acids is 1. The molecule has 0 aliphatic carbocycles. The summed E-state index contributed by atoms with van der Waals surface area (Å²) in [6.45, 7) is 12.4. The van der Waals surface area contributed by atoms with Crippen LogP contribution in [0.1, 0.15) is 60.5 Å². The Morgan fingerprint density at radius 3 is 2.16 bits per heavy atom. The summed E-state index contributed by atoms with van der Waals surface area (Å²) in [5, 5.41) is 18.6. The Morgan fingerprint density at radius 2 is 1.59 bits per heavy atom. The van der Waals surface area contributed by atoms with Crippen LogP contribution < -0.4 is 16.0 Å². The lowest BCUT2D eigenvalue weighted by Crippen LogP contribution is -2.59. The Bertz CT molecular complexity index is 1100. The Labute approximate surface area is 217 Å². The number of carbonyl (C=O) groups is 4. The van der Waals surface area contributed by atoms with Crippen LogP contribution in [0.5, 0.6) is 0 Å². The molecular formula is C27H40N4O6. The third-order valence-electron chi connectivity index (χ3n) is 6.13. The number of aromatic nitrogens is 1. The van der Waals surface area contributed by atoms with Crippen molar-refractivity contribution in [3.8, 4) is 0 Å². The highest BCUT2D eigenvalue weighted by Crippen LogP contribution is 2.19. The summed E-state index contributed by atoms with van der Waals surface area (Å²) in [5.41, 5.74) is 0.887. The first kappa shape index (κ1) is 29.7. The number of carboxylic acid groups (broad SMARTS) is 1. The summed E-state index contributed by atoms with van der Waals surface area (Å²) >= 11 is 0. The average Bonchev–Trinajstić information content (AvgIpc) is 3.21. The predicted octanol–water partition coefficient (Wildman–Crippen LogP) is 3.36. The number of ether oxygens (including phenoxy) is 1. The van der Waals surface area contributed by atoms with Gasteiger partial charge in [-0.1, -0.05) is 52.3 Å². The van der Waals surface area contributed by atoms with Crippen LogP contribution in [0.15, 0.2) is 30.5 Å². The van der Waals surface area contributed by atoms with Crippen molar-refractivity contribution in [1.29, 1.82) is 0 Å². The third kappa shape index (κ3) is 8.51. The van der Waals surface area contributed by atoms with E-state index in [9.17, 15) is 24.3 Å². The van der Waals surface area contributed by atoms with Gasteiger partial charge in [0.15, 0.2) is 0 Å². The van der Waals surface area contributed by atoms with Crippen molar-refractivity contribution in [3.05, 3.63) is 36.0 Å². The van der Waals surface area contributed by atoms with E-state index >= 15 is 0 Å². The Balaban J connectivity index is 2.16. The zero-order valence-electron chi connectivity index (χ0n) is 22.7. The van der Waals surface area contributed by atoms with Crippen LogP contribution in [0.25, 0.3) is 10.9 Å². The number of H-pyrrole nitrogens is 1. The quantitative estimate of drug-likeness (QED) is 0.309. The van der Waals surface area contributed by atoms with Crippen LogP contribution in [-0.2, 0) is 25.5 Å². The number of aliphatic carboxylic acids is 1. The van der Waals surface area contributed by atoms with Crippen LogP contribution in [0, 0.1) is 11.8 Å². The lowest BCUT2D eigenvalue weighted by atomic mass is 9.96. The molecule has 1 aromatic carbocycles. The fraction of sp³-hybridized carbons (Fsp3) is 0.556. The van der Waals surface area contributed by atoms with Gasteiger partial charge in [0.2, 0.25) is 11.8 Å². The molecule has 1 aromatic heterocycles. The maximum Gasteiger partial charge on any atom is 0.408 e. The predicted molar refractivity (Wildman–Crippen MR) is 141 cm³/mol. The highest BCUT2D eigenvalue weighted by Gasteiger charge is 2.34. The van der Waals surface area contributed by atoms with Crippen molar-refractivity contribution in [1.82, 2.24) is 20.9 Å². The summed E-state index contributed by atoms with van der Waals surface area (Å²) in [6.07, 6.45) is 1.66. The molecule has 2 aromatic rings. The minimum absolute atomic E-state index is 0.0690. The van der Waals surface area contributed by atoms with Crippen LogP contribution in [0.2, 0.25) is 0 Å². The monoisotopic (exact) mass is 516 g/mol. The molecule has 0 fully saturated rings. The molecule has 0 saturated carbocycles. The van der Waals surface area contributed by atoms with Crippen LogP contribution in [-0.4, -0.2) is 57.7 Å². The number of amides is 3. The van der Waals surface area contributed by atoms with E-state index in [1.54, 1.807) is 40.8 Å². The minimum Gasteiger partial charge on any atom is -0.480 e. The normalized spacial score (nSPS) is 14.9. The molecule has 0 bridgehead atoms. The number of hydrogen-bond acceptors (Lipinski definition) is 5. The number of hydrogen-bond donors (Lipinski definition) is 5. The maximum atomic E-state index is 13.2. The molecular weight excluding hydrogens is 476 g/mol. The van der Waals surface area contributed by atoms with Crippen molar-refractivity contribution >= 4 is 34.8 Å². The summed E-state index contributed by atoms with van der Waals surface area (Å²) in [4.78, 5) is 53.9. The molecule has 0 aliphatic rings. The number of benzene rings is 1. The second kappa shape index (κ2) is 12.6. The molecule has 10 heteroatoms. The van der Waals surface area contributed by atoms with Gasteiger partial charge in [0.25, 0.3) is 0 Å². The van der Waals surface area contributed by atoms with Gasteiger partial charge >= 0.3 is 12.1 Å². The summed E-state index contributed by atoms with van der Waals surface area (Å²) in [6, 6.07) is 4.36. The molecule has 37 heavy (non-hydrogen) atoms. The van der Waals surface area contributed by atoms with Gasteiger partial charge in [-0.05, 0) is 44.2 Å². The first-order valence-corrected chi connectivity index (χ1v) is 12.6. The average molecular weight is 517 g/mol. The van der Waals surface area contributed by atoms with E-state index in [1.165, 1.54) is 0 Å². The van der Waals surface area contributed by atoms with E-state index in [-0.39, 0.29) is 18.3 Å². The van der Waals surface area contributed by atoms with Gasteiger partial charge in [0.1, 0.15) is 23.7 Å². The van der Waals surface area contributed by atoms with Gasteiger partial charge in [-0.15, -0.1) is 0 Å². The van der Waals surface area contributed by atoms with Gasteiger partial charge in [-0.25, -0.2) is 9.59 Å². The maximum absolute atomic E-state index is 13.2. The molecule has 204 valence electrons. The first-order chi connectivity index (χ1) is 17.2. The van der Waals surface area contributed by atoms with Crippen LogP contribution in [0.3, 0.4) is 0 Å². The number of alkyl carbamates (subject to hydrolysis) is 1. The molecule has 2 rings (SSSR count). The number of aromatic amines is 1. The van der Waals surface area contributed by atoms with Gasteiger partial charge in [0, 0.05) is 23.5 Å². The zero-order chi connectivity index (χ0) is 27.9. The Kier molecular flexibility index (Phi) is 10.1. The zero-order valence-corrected chi connectivity index (χ0v) is 22.7. The number of para-hydroxylation sites is 1. The number of carbonyl (C=O) groups excluding carboxylic acids is 3. The fourth-order valence-electron chi connectivity index (χ4n) is 3.90. The number of nitrogens with one attached hydrogen (secondary N) is 4. The van der Waals surface area contributed by atoms with Gasteiger partial charge < -0.3 is 30.8 Å². The van der Waals surface area contributed by atoms with Gasteiger partial charge in [-0.3, -0.25) is 9.59 Å². The second-order valence-electron chi connectivity index (χ2n) is 10.7. The molecule has 3 amide bonds. The van der Waals surface area contributed by atoms with Gasteiger partial charge in [-0.2, -0.15) is 0 Å². The molecule has 0 saturated heterocycles.